The van der Waals surface area contributed by atoms with Crippen LogP contribution in [0.3, 0.4) is 0 Å². The summed E-state index contributed by atoms with van der Waals surface area (Å²) < 4.78 is 0.812. The number of aliphatic carboxylic acids is 1. The molecule has 1 aromatic rings. The van der Waals surface area contributed by atoms with Crippen LogP contribution in [0.25, 0.3) is 0 Å². The molecule has 104 valence electrons. The second-order valence-electron chi connectivity index (χ2n) is 4.38. The van der Waals surface area contributed by atoms with Gasteiger partial charge in [0.25, 0.3) is 0 Å². The molecule has 0 aliphatic heterocycles. The maximum absolute atomic E-state index is 11.9. The second kappa shape index (κ2) is 6.65. The number of anilines is 1. The number of hydrogen-bond acceptors (Lipinski definition) is 3. The lowest BCUT2D eigenvalue weighted by atomic mass is 9.79. The minimum absolute atomic E-state index is 0.0485. The second-order valence-corrected chi connectivity index (χ2v) is 5.29. The number of rotatable bonds is 6. The minimum Gasteiger partial charge on any atom is -0.481 e. The third-order valence-corrected chi connectivity index (χ3v) is 3.77. The highest BCUT2D eigenvalue weighted by Crippen LogP contribution is 2.31. The SMILES string of the molecule is CCC(CC)(CC(=O)Nc1ccc(Br)cn1)C(=O)O. The van der Waals surface area contributed by atoms with Crippen LogP contribution in [0.2, 0.25) is 0 Å². The summed E-state index contributed by atoms with van der Waals surface area (Å²) in [6, 6.07) is 3.41. The van der Waals surface area contributed by atoms with Crippen LogP contribution in [0.1, 0.15) is 33.1 Å². The fourth-order valence-electron chi connectivity index (χ4n) is 1.82. The molecule has 0 atom stereocenters. The number of nitrogens with one attached hydrogen (secondary N) is 1. The van der Waals surface area contributed by atoms with Crippen LogP contribution < -0.4 is 5.32 Å². The highest BCUT2D eigenvalue weighted by Gasteiger charge is 2.37. The normalized spacial score (nSPS) is 11.1. The lowest BCUT2D eigenvalue weighted by Gasteiger charge is -2.25. The number of nitrogens with zero attached hydrogens (tertiary/aromatic N) is 1. The Kier molecular flexibility index (Phi) is 5.47. The quantitative estimate of drug-likeness (QED) is 0.841. The van der Waals surface area contributed by atoms with E-state index in [0.29, 0.717) is 18.7 Å². The highest BCUT2D eigenvalue weighted by molar-refractivity contribution is 9.10. The number of amides is 1. The van der Waals surface area contributed by atoms with Gasteiger partial charge in [0.2, 0.25) is 5.91 Å². The average molecular weight is 329 g/mol. The van der Waals surface area contributed by atoms with Crippen molar-refractivity contribution in [2.45, 2.75) is 33.1 Å². The van der Waals surface area contributed by atoms with Gasteiger partial charge >= 0.3 is 5.97 Å². The van der Waals surface area contributed by atoms with Gasteiger partial charge in [-0.2, -0.15) is 0 Å². The van der Waals surface area contributed by atoms with Crippen molar-refractivity contribution in [1.29, 1.82) is 0 Å². The van der Waals surface area contributed by atoms with Crippen molar-refractivity contribution in [1.82, 2.24) is 4.98 Å². The molecule has 1 heterocycles. The molecule has 0 aliphatic rings. The first-order chi connectivity index (χ1) is 8.93. The first-order valence-electron chi connectivity index (χ1n) is 6.08. The van der Waals surface area contributed by atoms with Crippen LogP contribution in [-0.4, -0.2) is 22.0 Å². The number of carbonyl (C=O) groups excluding carboxylic acids is 1. The summed E-state index contributed by atoms with van der Waals surface area (Å²) in [4.78, 5) is 27.2. The molecule has 0 fully saturated rings. The van der Waals surface area contributed by atoms with Crippen LogP contribution >= 0.6 is 15.9 Å². The maximum Gasteiger partial charge on any atom is 0.310 e. The molecule has 5 nitrogen and oxygen atoms in total. The van der Waals surface area contributed by atoms with Crippen molar-refractivity contribution >= 4 is 33.6 Å². The van der Waals surface area contributed by atoms with Crippen LogP contribution in [0, 0.1) is 5.41 Å². The number of carboxylic acids is 1. The van der Waals surface area contributed by atoms with E-state index in [4.69, 9.17) is 0 Å². The van der Waals surface area contributed by atoms with Crippen LogP contribution in [0.5, 0.6) is 0 Å². The predicted octanol–water partition coefficient (Wildman–Crippen LogP) is 3.06. The van der Waals surface area contributed by atoms with E-state index in [0.717, 1.165) is 4.47 Å². The van der Waals surface area contributed by atoms with E-state index in [1.165, 1.54) is 0 Å². The number of halogens is 1. The zero-order valence-electron chi connectivity index (χ0n) is 10.9. The summed E-state index contributed by atoms with van der Waals surface area (Å²) in [6.45, 7) is 3.56. The lowest BCUT2D eigenvalue weighted by Crippen LogP contribution is -2.34. The molecule has 1 aromatic heterocycles. The van der Waals surface area contributed by atoms with Crippen molar-refractivity contribution < 1.29 is 14.7 Å². The van der Waals surface area contributed by atoms with Crippen molar-refractivity contribution in [3.63, 3.8) is 0 Å². The fraction of sp³-hybridized carbons (Fsp3) is 0.462. The summed E-state index contributed by atoms with van der Waals surface area (Å²) in [6.07, 6.45) is 2.35. The van der Waals surface area contributed by atoms with Gasteiger partial charge in [-0.05, 0) is 40.9 Å². The van der Waals surface area contributed by atoms with E-state index < -0.39 is 11.4 Å². The Morgan fingerprint density at radius 3 is 2.42 bits per heavy atom. The first kappa shape index (κ1) is 15.6. The summed E-state index contributed by atoms with van der Waals surface area (Å²) in [5, 5.41) is 11.9. The third kappa shape index (κ3) is 4.02. The maximum atomic E-state index is 11.9. The summed E-state index contributed by atoms with van der Waals surface area (Å²) in [5.41, 5.74) is -1.00. The number of hydrogen-bond donors (Lipinski definition) is 2. The van der Waals surface area contributed by atoms with E-state index >= 15 is 0 Å². The number of carbonyl (C=O) groups is 2. The molecule has 0 unspecified atom stereocenters. The van der Waals surface area contributed by atoms with Crippen LogP contribution in [0.4, 0.5) is 5.82 Å². The first-order valence-corrected chi connectivity index (χ1v) is 6.87. The molecule has 0 spiro atoms. The number of carboxylic acid groups (broad SMARTS) is 1. The van der Waals surface area contributed by atoms with E-state index in [9.17, 15) is 14.7 Å². The largest absolute Gasteiger partial charge is 0.481 e. The number of pyridine rings is 1. The highest BCUT2D eigenvalue weighted by atomic mass is 79.9. The third-order valence-electron chi connectivity index (χ3n) is 3.30. The van der Waals surface area contributed by atoms with Crippen molar-refractivity contribution in [3.8, 4) is 0 Å². The minimum atomic E-state index is -1.00. The smallest absolute Gasteiger partial charge is 0.310 e. The predicted molar refractivity (Wildman–Crippen MR) is 75.8 cm³/mol. The topological polar surface area (TPSA) is 79.3 Å². The van der Waals surface area contributed by atoms with Crippen LogP contribution in [0.15, 0.2) is 22.8 Å². The fourth-order valence-corrected chi connectivity index (χ4v) is 2.06. The molecule has 0 saturated heterocycles. The zero-order chi connectivity index (χ0) is 14.5. The molecular weight excluding hydrogens is 312 g/mol. The van der Waals surface area contributed by atoms with Gasteiger partial charge < -0.3 is 10.4 Å². The molecule has 0 aliphatic carbocycles. The number of aromatic nitrogens is 1. The van der Waals surface area contributed by atoms with Gasteiger partial charge in [0.05, 0.1) is 5.41 Å². The molecule has 2 N–H and O–H groups in total. The molecule has 0 bridgehead atoms. The van der Waals surface area contributed by atoms with E-state index in [1.54, 1.807) is 32.2 Å². The van der Waals surface area contributed by atoms with Crippen molar-refractivity contribution in [3.05, 3.63) is 22.8 Å². The Morgan fingerprint density at radius 1 is 1.37 bits per heavy atom. The van der Waals surface area contributed by atoms with Gasteiger partial charge in [-0.3, -0.25) is 9.59 Å². The van der Waals surface area contributed by atoms with Crippen molar-refractivity contribution in [2.24, 2.45) is 5.41 Å². The molecular formula is C13H17BrN2O3. The van der Waals surface area contributed by atoms with Gasteiger partial charge in [-0.25, -0.2) is 4.98 Å². The van der Waals surface area contributed by atoms with Gasteiger partial charge in [-0.15, -0.1) is 0 Å². The summed E-state index contributed by atoms with van der Waals surface area (Å²) in [7, 11) is 0. The Morgan fingerprint density at radius 2 is 2.00 bits per heavy atom. The molecule has 19 heavy (non-hydrogen) atoms. The molecule has 1 rings (SSSR count). The van der Waals surface area contributed by atoms with Crippen LogP contribution in [-0.2, 0) is 9.59 Å². The Balaban J connectivity index is 2.73. The Labute approximate surface area is 120 Å². The van der Waals surface area contributed by atoms with Gasteiger partial charge in [-0.1, -0.05) is 13.8 Å². The van der Waals surface area contributed by atoms with Gasteiger partial charge in [0.1, 0.15) is 5.82 Å². The van der Waals surface area contributed by atoms with E-state index in [2.05, 4.69) is 26.2 Å². The van der Waals surface area contributed by atoms with E-state index in [-0.39, 0.29) is 12.3 Å². The molecule has 0 radical (unpaired) electrons. The molecule has 1 amide bonds. The summed E-state index contributed by atoms with van der Waals surface area (Å²) >= 11 is 3.25. The monoisotopic (exact) mass is 328 g/mol. The molecule has 0 saturated carbocycles. The zero-order valence-corrected chi connectivity index (χ0v) is 12.5. The van der Waals surface area contributed by atoms with Crippen molar-refractivity contribution in [2.75, 3.05) is 5.32 Å². The standard InChI is InChI=1S/C13H17BrN2O3/c1-3-13(4-2,12(18)19)7-11(17)16-10-6-5-9(14)8-15-10/h5-6,8H,3-4,7H2,1-2H3,(H,18,19)(H,15,16,17). The van der Waals surface area contributed by atoms with E-state index in [1.807, 2.05) is 0 Å². The average Bonchev–Trinajstić information content (AvgIpc) is 2.38. The van der Waals surface area contributed by atoms with Gasteiger partial charge in [0, 0.05) is 17.1 Å². The lowest BCUT2D eigenvalue weighted by molar-refractivity contribution is -0.151. The van der Waals surface area contributed by atoms with Gasteiger partial charge in [0.15, 0.2) is 0 Å². The summed E-state index contributed by atoms with van der Waals surface area (Å²) in [5.74, 6) is -0.850. The molecule has 6 heteroatoms. The Bertz CT molecular complexity index is 455. The Hall–Kier alpha value is -1.43. The molecule has 0 aromatic carbocycles.